The third-order valence-corrected chi connectivity index (χ3v) is 4.07. The number of esters is 1. The first-order chi connectivity index (χ1) is 13.0. The van der Waals surface area contributed by atoms with Crippen LogP contribution in [0.3, 0.4) is 0 Å². The Kier molecular flexibility index (Phi) is 7.11. The molecule has 6 heteroatoms. The van der Waals surface area contributed by atoms with E-state index in [1.165, 1.54) is 0 Å². The molecule has 0 radical (unpaired) electrons. The highest BCUT2D eigenvalue weighted by molar-refractivity contribution is 6.08. The van der Waals surface area contributed by atoms with E-state index in [9.17, 15) is 14.4 Å². The van der Waals surface area contributed by atoms with E-state index in [2.05, 4.69) is 10.6 Å². The molecule has 0 saturated heterocycles. The summed E-state index contributed by atoms with van der Waals surface area (Å²) < 4.78 is 5.00. The SMILES string of the molecule is CCOC(=O)c1ccccc1NC(=O)c1ccc(C(=O)NC(C)CC)cc1. The summed E-state index contributed by atoms with van der Waals surface area (Å²) in [4.78, 5) is 36.6. The lowest BCUT2D eigenvalue weighted by Gasteiger charge is -2.12. The number of benzene rings is 2. The van der Waals surface area contributed by atoms with Crippen LogP contribution >= 0.6 is 0 Å². The van der Waals surface area contributed by atoms with Gasteiger partial charge in [-0.15, -0.1) is 0 Å². The number of carbonyl (C=O) groups is 3. The Hall–Kier alpha value is -3.15. The minimum Gasteiger partial charge on any atom is -0.462 e. The zero-order valence-electron chi connectivity index (χ0n) is 15.7. The molecule has 2 amide bonds. The predicted molar refractivity (Wildman–Crippen MR) is 104 cm³/mol. The summed E-state index contributed by atoms with van der Waals surface area (Å²) in [6, 6.07) is 13.1. The molecule has 2 rings (SSSR count). The van der Waals surface area contributed by atoms with Gasteiger partial charge >= 0.3 is 5.97 Å². The van der Waals surface area contributed by atoms with Crippen molar-refractivity contribution in [2.75, 3.05) is 11.9 Å². The monoisotopic (exact) mass is 368 g/mol. The number of hydrogen-bond acceptors (Lipinski definition) is 4. The van der Waals surface area contributed by atoms with Crippen molar-refractivity contribution >= 4 is 23.5 Å². The zero-order chi connectivity index (χ0) is 19.8. The molecule has 0 aliphatic heterocycles. The lowest BCUT2D eigenvalue weighted by atomic mass is 10.1. The van der Waals surface area contributed by atoms with Gasteiger partial charge in [0.2, 0.25) is 0 Å². The first-order valence-corrected chi connectivity index (χ1v) is 8.94. The average molecular weight is 368 g/mol. The van der Waals surface area contributed by atoms with E-state index in [-0.39, 0.29) is 30.0 Å². The van der Waals surface area contributed by atoms with Crippen molar-refractivity contribution in [2.24, 2.45) is 0 Å². The van der Waals surface area contributed by atoms with Crippen LogP contribution in [0.1, 0.15) is 58.3 Å². The minimum atomic E-state index is -0.495. The number of anilines is 1. The van der Waals surface area contributed by atoms with Gasteiger partial charge in [-0.2, -0.15) is 0 Å². The van der Waals surface area contributed by atoms with Crippen molar-refractivity contribution in [3.63, 3.8) is 0 Å². The number of para-hydroxylation sites is 1. The molecular weight excluding hydrogens is 344 g/mol. The van der Waals surface area contributed by atoms with Gasteiger partial charge in [0.05, 0.1) is 17.9 Å². The number of amides is 2. The maximum atomic E-state index is 12.5. The number of carbonyl (C=O) groups excluding carboxylic acids is 3. The van der Waals surface area contributed by atoms with Gasteiger partial charge in [0, 0.05) is 17.2 Å². The van der Waals surface area contributed by atoms with Crippen molar-refractivity contribution in [3.05, 3.63) is 65.2 Å². The van der Waals surface area contributed by atoms with Crippen LogP contribution in [0.5, 0.6) is 0 Å². The Labute approximate surface area is 158 Å². The molecule has 0 aromatic heterocycles. The standard InChI is InChI=1S/C21H24N2O4/c1-4-14(3)22-19(24)15-10-12-16(13-11-15)20(25)23-18-9-7-6-8-17(18)21(26)27-5-2/h6-14H,4-5H2,1-3H3,(H,22,24)(H,23,25). The molecule has 6 nitrogen and oxygen atoms in total. The Morgan fingerprint density at radius 1 is 0.926 bits per heavy atom. The third-order valence-electron chi connectivity index (χ3n) is 4.07. The summed E-state index contributed by atoms with van der Waals surface area (Å²) >= 11 is 0. The van der Waals surface area contributed by atoms with Crippen LogP contribution in [0.15, 0.2) is 48.5 Å². The van der Waals surface area contributed by atoms with E-state index < -0.39 is 5.97 Å². The van der Waals surface area contributed by atoms with Gasteiger partial charge in [-0.25, -0.2) is 4.79 Å². The van der Waals surface area contributed by atoms with E-state index >= 15 is 0 Å². The maximum absolute atomic E-state index is 12.5. The molecule has 2 aromatic rings. The molecule has 0 spiro atoms. The Morgan fingerprint density at radius 2 is 1.52 bits per heavy atom. The van der Waals surface area contributed by atoms with Crippen molar-refractivity contribution in [1.82, 2.24) is 5.32 Å². The molecule has 0 saturated carbocycles. The van der Waals surface area contributed by atoms with E-state index in [0.717, 1.165) is 6.42 Å². The van der Waals surface area contributed by atoms with Gasteiger partial charge in [-0.1, -0.05) is 19.1 Å². The fourth-order valence-corrected chi connectivity index (χ4v) is 2.36. The van der Waals surface area contributed by atoms with Crippen LogP contribution < -0.4 is 10.6 Å². The average Bonchev–Trinajstić information content (AvgIpc) is 2.68. The Bertz CT molecular complexity index is 815. The molecule has 2 aromatic carbocycles. The largest absolute Gasteiger partial charge is 0.462 e. The second kappa shape index (κ2) is 9.52. The lowest BCUT2D eigenvalue weighted by molar-refractivity contribution is 0.0527. The number of hydrogen-bond donors (Lipinski definition) is 2. The summed E-state index contributed by atoms with van der Waals surface area (Å²) in [7, 11) is 0. The van der Waals surface area contributed by atoms with Crippen LogP contribution in [-0.2, 0) is 4.74 Å². The van der Waals surface area contributed by atoms with E-state index in [1.54, 1.807) is 55.5 Å². The third kappa shape index (κ3) is 5.41. The molecule has 0 aliphatic carbocycles. The molecule has 0 fully saturated rings. The van der Waals surface area contributed by atoms with Crippen LogP contribution in [0.25, 0.3) is 0 Å². The summed E-state index contributed by atoms with van der Waals surface area (Å²) in [5.41, 5.74) is 1.53. The van der Waals surface area contributed by atoms with Crippen molar-refractivity contribution in [2.45, 2.75) is 33.2 Å². The number of ether oxygens (including phenoxy) is 1. The van der Waals surface area contributed by atoms with Crippen molar-refractivity contribution in [1.29, 1.82) is 0 Å². The van der Waals surface area contributed by atoms with Gasteiger partial charge in [0.1, 0.15) is 0 Å². The maximum Gasteiger partial charge on any atom is 0.340 e. The van der Waals surface area contributed by atoms with Gasteiger partial charge < -0.3 is 15.4 Å². The molecule has 0 aliphatic rings. The topological polar surface area (TPSA) is 84.5 Å². The molecular formula is C21H24N2O4. The lowest BCUT2D eigenvalue weighted by Crippen LogP contribution is -2.31. The summed E-state index contributed by atoms with van der Waals surface area (Å²) in [5, 5.41) is 5.59. The first-order valence-electron chi connectivity index (χ1n) is 8.94. The van der Waals surface area contributed by atoms with Crippen molar-refractivity contribution in [3.8, 4) is 0 Å². The van der Waals surface area contributed by atoms with Gasteiger partial charge in [-0.3, -0.25) is 9.59 Å². The normalized spacial score (nSPS) is 11.4. The molecule has 1 atom stereocenters. The molecule has 27 heavy (non-hydrogen) atoms. The van der Waals surface area contributed by atoms with Crippen LogP contribution in [0, 0.1) is 0 Å². The van der Waals surface area contributed by atoms with E-state index in [4.69, 9.17) is 4.74 Å². The first kappa shape index (κ1) is 20.2. The highest BCUT2D eigenvalue weighted by Crippen LogP contribution is 2.17. The molecule has 0 bridgehead atoms. The highest BCUT2D eigenvalue weighted by atomic mass is 16.5. The molecule has 2 N–H and O–H groups in total. The summed E-state index contributed by atoms with van der Waals surface area (Å²) in [5.74, 6) is -1.05. The van der Waals surface area contributed by atoms with Crippen LogP contribution in [0.2, 0.25) is 0 Å². The summed E-state index contributed by atoms with van der Waals surface area (Å²) in [6.45, 7) is 5.90. The van der Waals surface area contributed by atoms with Gasteiger partial charge in [0.25, 0.3) is 11.8 Å². The predicted octanol–water partition coefficient (Wildman–Crippen LogP) is 3.64. The smallest absolute Gasteiger partial charge is 0.340 e. The van der Waals surface area contributed by atoms with E-state index in [0.29, 0.717) is 16.8 Å². The van der Waals surface area contributed by atoms with Crippen molar-refractivity contribution < 1.29 is 19.1 Å². The summed E-state index contributed by atoms with van der Waals surface area (Å²) in [6.07, 6.45) is 0.839. The zero-order valence-corrected chi connectivity index (χ0v) is 15.7. The minimum absolute atomic E-state index is 0.0832. The fraction of sp³-hybridized carbons (Fsp3) is 0.286. The van der Waals surface area contributed by atoms with Gasteiger partial charge in [-0.05, 0) is 56.7 Å². The molecule has 1 unspecified atom stereocenters. The van der Waals surface area contributed by atoms with Gasteiger partial charge in [0.15, 0.2) is 0 Å². The number of rotatable bonds is 7. The Morgan fingerprint density at radius 3 is 2.11 bits per heavy atom. The second-order valence-electron chi connectivity index (χ2n) is 6.08. The molecule has 0 heterocycles. The van der Waals surface area contributed by atoms with Crippen LogP contribution in [-0.4, -0.2) is 30.4 Å². The Balaban J connectivity index is 2.11. The van der Waals surface area contributed by atoms with Crippen LogP contribution in [0.4, 0.5) is 5.69 Å². The number of nitrogens with one attached hydrogen (secondary N) is 2. The molecule has 142 valence electrons. The fourth-order valence-electron chi connectivity index (χ4n) is 2.36. The highest BCUT2D eigenvalue weighted by Gasteiger charge is 2.15. The second-order valence-corrected chi connectivity index (χ2v) is 6.08. The quantitative estimate of drug-likeness (QED) is 0.731. The van der Waals surface area contributed by atoms with E-state index in [1.807, 2.05) is 13.8 Å².